The van der Waals surface area contributed by atoms with E-state index in [0.717, 1.165) is 0 Å². The van der Waals surface area contributed by atoms with Crippen molar-refractivity contribution in [1.82, 2.24) is 5.32 Å². The van der Waals surface area contributed by atoms with Crippen LogP contribution in [0.15, 0.2) is 42.5 Å². The molecule has 3 nitrogen and oxygen atoms in total. The summed E-state index contributed by atoms with van der Waals surface area (Å²) < 4.78 is 18.8. The van der Waals surface area contributed by atoms with E-state index in [9.17, 15) is 9.18 Å². The summed E-state index contributed by atoms with van der Waals surface area (Å²) in [6.45, 7) is 2.30. The molecule has 21 heavy (non-hydrogen) atoms. The van der Waals surface area contributed by atoms with Gasteiger partial charge in [-0.05, 0) is 48.9 Å². The molecule has 0 saturated heterocycles. The fourth-order valence-corrected chi connectivity index (χ4v) is 1.83. The Labute approximate surface area is 127 Å². The molecule has 1 amide bonds. The number of aryl methyl sites for hydroxylation is 1. The van der Waals surface area contributed by atoms with Crippen LogP contribution in [0.25, 0.3) is 0 Å². The lowest BCUT2D eigenvalue weighted by Gasteiger charge is -2.08. The molecule has 0 unspecified atom stereocenters. The van der Waals surface area contributed by atoms with E-state index in [1.165, 1.54) is 6.07 Å². The molecular weight excluding hydrogens is 293 g/mol. The van der Waals surface area contributed by atoms with Gasteiger partial charge >= 0.3 is 0 Å². The molecule has 0 aliphatic heterocycles. The highest BCUT2D eigenvalue weighted by Gasteiger charge is 2.07. The fraction of sp³-hybridized carbons (Fsp3) is 0.188. The Morgan fingerprint density at radius 1 is 1.24 bits per heavy atom. The van der Waals surface area contributed by atoms with Gasteiger partial charge in [-0.3, -0.25) is 4.79 Å². The van der Waals surface area contributed by atoms with Crippen molar-refractivity contribution < 1.29 is 13.9 Å². The van der Waals surface area contributed by atoms with Crippen molar-refractivity contribution in [3.63, 3.8) is 0 Å². The van der Waals surface area contributed by atoms with E-state index in [1.54, 1.807) is 43.3 Å². The highest BCUT2D eigenvalue weighted by molar-refractivity contribution is 6.30. The number of benzene rings is 2. The first kappa shape index (κ1) is 15.3. The normalized spacial score (nSPS) is 10.2. The zero-order chi connectivity index (χ0) is 15.2. The molecule has 0 heterocycles. The Bertz CT molecular complexity index is 629. The lowest BCUT2D eigenvalue weighted by atomic mass is 10.1. The van der Waals surface area contributed by atoms with Crippen molar-refractivity contribution in [3.8, 4) is 5.75 Å². The SMILES string of the molecule is Cc1ccc(C(=O)NCCOc2ccc(Cl)cc2)cc1F. The lowest BCUT2D eigenvalue weighted by Crippen LogP contribution is -2.28. The van der Waals surface area contributed by atoms with Gasteiger partial charge in [-0.15, -0.1) is 0 Å². The van der Waals surface area contributed by atoms with Crippen LogP contribution < -0.4 is 10.1 Å². The van der Waals surface area contributed by atoms with Gasteiger partial charge in [0, 0.05) is 10.6 Å². The molecule has 2 aromatic carbocycles. The minimum absolute atomic E-state index is 0.296. The first-order chi connectivity index (χ1) is 10.1. The Kier molecular flexibility index (Phi) is 5.17. The molecule has 5 heteroatoms. The molecule has 0 aromatic heterocycles. The fourth-order valence-electron chi connectivity index (χ4n) is 1.70. The second-order valence-corrected chi connectivity index (χ2v) is 4.96. The van der Waals surface area contributed by atoms with E-state index in [1.807, 2.05) is 0 Å². The maximum absolute atomic E-state index is 13.4. The van der Waals surface area contributed by atoms with Crippen molar-refractivity contribution >= 4 is 17.5 Å². The zero-order valence-electron chi connectivity index (χ0n) is 11.5. The summed E-state index contributed by atoms with van der Waals surface area (Å²) in [5.74, 6) is -0.0382. The van der Waals surface area contributed by atoms with E-state index in [0.29, 0.717) is 35.1 Å². The van der Waals surface area contributed by atoms with Crippen molar-refractivity contribution in [3.05, 3.63) is 64.4 Å². The number of hydrogen-bond donors (Lipinski definition) is 1. The third-order valence-corrected chi connectivity index (χ3v) is 3.16. The van der Waals surface area contributed by atoms with Crippen LogP contribution >= 0.6 is 11.6 Å². The second kappa shape index (κ2) is 7.09. The molecule has 2 aromatic rings. The van der Waals surface area contributed by atoms with Gasteiger partial charge in [0.05, 0.1) is 6.54 Å². The predicted molar refractivity (Wildman–Crippen MR) is 80.4 cm³/mol. The van der Waals surface area contributed by atoms with Gasteiger partial charge in [-0.1, -0.05) is 17.7 Å². The molecule has 0 fully saturated rings. The average molecular weight is 308 g/mol. The largest absolute Gasteiger partial charge is 0.492 e. The van der Waals surface area contributed by atoms with Gasteiger partial charge in [0.1, 0.15) is 18.2 Å². The van der Waals surface area contributed by atoms with Gasteiger partial charge in [-0.2, -0.15) is 0 Å². The summed E-state index contributed by atoms with van der Waals surface area (Å²) >= 11 is 5.76. The molecule has 0 aliphatic carbocycles. The number of hydrogen-bond acceptors (Lipinski definition) is 2. The molecule has 0 spiro atoms. The van der Waals surface area contributed by atoms with E-state index >= 15 is 0 Å². The van der Waals surface area contributed by atoms with E-state index in [2.05, 4.69) is 5.32 Å². The summed E-state index contributed by atoms with van der Waals surface area (Å²) in [6.07, 6.45) is 0. The van der Waals surface area contributed by atoms with Crippen LogP contribution in [-0.2, 0) is 0 Å². The Hall–Kier alpha value is -2.07. The molecule has 0 saturated carbocycles. The van der Waals surface area contributed by atoms with Gasteiger partial charge in [0.15, 0.2) is 0 Å². The third-order valence-electron chi connectivity index (χ3n) is 2.90. The van der Waals surface area contributed by atoms with Gasteiger partial charge in [0.25, 0.3) is 5.91 Å². The maximum atomic E-state index is 13.4. The van der Waals surface area contributed by atoms with Crippen LogP contribution in [0.3, 0.4) is 0 Å². The number of ether oxygens (including phenoxy) is 1. The quantitative estimate of drug-likeness (QED) is 0.857. The Morgan fingerprint density at radius 3 is 2.62 bits per heavy atom. The van der Waals surface area contributed by atoms with Gasteiger partial charge in [-0.25, -0.2) is 4.39 Å². The molecule has 0 atom stereocenters. The van der Waals surface area contributed by atoms with E-state index in [-0.39, 0.29) is 11.7 Å². The predicted octanol–water partition coefficient (Wildman–Crippen LogP) is 3.60. The molecule has 110 valence electrons. The van der Waals surface area contributed by atoms with Crippen LogP contribution in [0, 0.1) is 12.7 Å². The van der Waals surface area contributed by atoms with Crippen molar-refractivity contribution in [2.45, 2.75) is 6.92 Å². The molecule has 0 radical (unpaired) electrons. The van der Waals surface area contributed by atoms with Crippen LogP contribution in [0.1, 0.15) is 15.9 Å². The minimum atomic E-state index is -0.389. The summed E-state index contributed by atoms with van der Waals surface area (Å²) in [4.78, 5) is 11.8. The van der Waals surface area contributed by atoms with Crippen LogP contribution in [0.4, 0.5) is 4.39 Å². The van der Waals surface area contributed by atoms with Crippen LogP contribution in [0.2, 0.25) is 5.02 Å². The topological polar surface area (TPSA) is 38.3 Å². The zero-order valence-corrected chi connectivity index (χ0v) is 12.3. The summed E-state index contributed by atoms with van der Waals surface area (Å²) in [5.41, 5.74) is 0.808. The highest BCUT2D eigenvalue weighted by Crippen LogP contribution is 2.15. The number of rotatable bonds is 5. The van der Waals surface area contributed by atoms with Crippen LogP contribution in [-0.4, -0.2) is 19.1 Å². The lowest BCUT2D eigenvalue weighted by molar-refractivity contribution is 0.0946. The number of halogens is 2. The van der Waals surface area contributed by atoms with Gasteiger partial charge < -0.3 is 10.1 Å². The molecular formula is C16H15ClFNO2. The summed E-state index contributed by atoms with van der Waals surface area (Å²) in [6, 6.07) is 11.3. The number of amides is 1. The summed E-state index contributed by atoms with van der Waals surface area (Å²) in [7, 11) is 0. The van der Waals surface area contributed by atoms with Crippen molar-refractivity contribution in [2.75, 3.05) is 13.2 Å². The van der Waals surface area contributed by atoms with Crippen molar-refractivity contribution in [2.24, 2.45) is 0 Å². The highest BCUT2D eigenvalue weighted by atomic mass is 35.5. The number of carbonyl (C=O) groups is 1. The number of carbonyl (C=O) groups excluding carboxylic acids is 1. The molecule has 1 N–H and O–H groups in total. The monoisotopic (exact) mass is 307 g/mol. The molecule has 2 rings (SSSR count). The van der Waals surface area contributed by atoms with Gasteiger partial charge in [0.2, 0.25) is 0 Å². The molecule has 0 bridgehead atoms. The number of nitrogens with one attached hydrogen (secondary N) is 1. The summed E-state index contributed by atoms with van der Waals surface area (Å²) in [5, 5.41) is 3.31. The maximum Gasteiger partial charge on any atom is 0.251 e. The van der Waals surface area contributed by atoms with Crippen LogP contribution in [0.5, 0.6) is 5.75 Å². The van der Waals surface area contributed by atoms with E-state index in [4.69, 9.17) is 16.3 Å². The smallest absolute Gasteiger partial charge is 0.251 e. The Morgan fingerprint density at radius 2 is 1.95 bits per heavy atom. The first-order valence-corrected chi connectivity index (χ1v) is 6.87. The first-order valence-electron chi connectivity index (χ1n) is 6.49. The minimum Gasteiger partial charge on any atom is -0.492 e. The van der Waals surface area contributed by atoms with Crippen molar-refractivity contribution in [1.29, 1.82) is 0 Å². The Balaban J connectivity index is 1.79. The molecule has 0 aliphatic rings. The average Bonchev–Trinajstić information content (AvgIpc) is 2.48. The second-order valence-electron chi connectivity index (χ2n) is 4.52. The standard InChI is InChI=1S/C16H15ClFNO2/c1-11-2-3-12(10-15(11)18)16(20)19-8-9-21-14-6-4-13(17)5-7-14/h2-7,10H,8-9H2,1H3,(H,19,20). The third kappa shape index (κ3) is 4.46. The van der Waals surface area contributed by atoms with E-state index < -0.39 is 0 Å².